The zero-order valence-corrected chi connectivity index (χ0v) is 8.08. The maximum absolute atomic E-state index is 12.6. The molecule has 0 bridgehead atoms. The lowest BCUT2D eigenvalue weighted by Crippen LogP contribution is -1.93. The maximum Gasteiger partial charge on any atom is 0.243 e. The van der Waals surface area contributed by atoms with Crippen molar-refractivity contribution >= 4 is 17.7 Å². The van der Waals surface area contributed by atoms with Gasteiger partial charge in [-0.3, -0.25) is 10.1 Å². The Bertz CT molecular complexity index is 404. The van der Waals surface area contributed by atoms with E-state index < -0.39 is 10.7 Å². The molecule has 0 amide bonds. The van der Waals surface area contributed by atoms with Gasteiger partial charge >= 0.3 is 0 Å². The minimum atomic E-state index is -0.528. The number of benzene rings is 1. The third kappa shape index (κ3) is 2.53. The molecule has 0 aliphatic heterocycles. The van der Waals surface area contributed by atoms with Crippen molar-refractivity contribution in [3.05, 3.63) is 50.4 Å². The van der Waals surface area contributed by atoms with Crippen LogP contribution in [0.3, 0.4) is 0 Å². The zero-order valence-electron chi connectivity index (χ0n) is 7.33. The normalized spacial score (nSPS) is 11.5. The third-order valence-electron chi connectivity index (χ3n) is 1.61. The fraction of sp³-hybridized carbons (Fsp3) is 0.111. The summed E-state index contributed by atoms with van der Waals surface area (Å²) in [4.78, 5) is 9.77. The molecular formula is C9H7ClFNO2. The number of allylic oxidation sites excluding steroid dienone is 1. The van der Waals surface area contributed by atoms with Crippen molar-refractivity contribution in [1.82, 2.24) is 0 Å². The Kier molecular flexibility index (Phi) is 3.19. The Morgan fingerprint density at radius 2 is 2.29 bits per heavy atom. The van der Waals surface area contributed by atoms with Gasteiger partial charge in [0.15, 0.2) is 0 Å². The van der Waals surface area contributed by atoms with Gasteiger partial charge in [-0.1, -0.05) is 17.7 Å². The molecular weight excluding hydrogens is 209 g/mol. The smallest absolute Gasteiger partial charge is 0.243 e. The minimum Gasteiger partial charge on any atom is -0.259 e. The highest BCUT2D eigenvalue weighted by molar-refractivity contribution is 6.32. The molecule has 74 valence electrons. The quantitative estimate of drug-likeness (QED) is 0.562. The summed E-state index contributed by atoms with van der Waals surface area (Å²) < 4.78 is 12.6. The summed E-state index contributed by atoms with van der Waals surface area (Å²) >= 11 is 5.67. The average molecular weight is 216 g/mol. The van der Waals surface area contributed by atoms with Crippen molar-refractivity contribution in [2.75, 3.05) is 0 Å². The molecule has 1 aromatic rings. The lowest BCUT2D eigenvalue weighted by Gasteiger charge is -1.97. The largest absolute Gasteiger partial charge is 0.259 e. The van der Waals surface area contributed by atoms with Crippen molar-refractivity contribution in [3.63, 3.8) is 0 Å². The summed E-state index contributed by atoms with van der Waals surface area (Å²) in [5.41, 5.74) is 0.390. The van der Waals surface area contributed by atoms with E-state index in [4.69, 9.17) is 11.6 Å². The Hall–Kier alpha value is -1.42. The van der Waals surface area contributed by atoms with Crippen molar-refractivity contribution in [2.45, 2.75) is 6.92 Å². The van der Waals surface area contributed by atoms with E-state index in [9.17, 15) is 14.5 Å². The van der Waals surface area contributed by atoms with Crippen LogP contribution in [0.5, 0.6) is 0 Å². The summed E-state index contributed by atoms with van der Waals surface area (Å²) in [5.74, 6) is -0.467. The van der Waals surface area contributed by atoms with Crippen LogP contribution in [-0.4, -0.2) is 4.92 Å². The maximum atomic E-state index is 12.6. The first-order valence-electron chi connectivity index (χ1n) is 3.78. The van der Waals surface area contributed by atoms with Gasteiger partial charge in [-0.2, -0.15) is 0 Å². The minimum absolute atomic E-state index is 0.0430. The van der Waals surface area contributed by atoms with Gasteiger partial charge < -0.3 is 0 Å². The first-order chi connectivity index (χ1) is 6.50. The van der Waals surface area contributed by atoms with Gasteiger partial charge in [0.1, 0.15) is 5.82 Å². The number of hydrogen-bond acceptors (Lipinski definition) is 2. The molecule has 0 aliphatic rings. The highest BCUT2D eigenvalue weighted by Crippen LogP contribution is 2.19. The first kappa shape index (κ1) is 10.7. The number of rotatable bonds is 2. The predicted molar refractivity (Wildman–Crippen MR) is 52.1 cm³/mol. The first-order valence-corrected chi connectivity index (χ1v) is 4.16. The van der Waals surface area contributed by atoms with E-state index in [1.807, 2.05) is 0 Å². The Balaban J connectivity index is 3.09. The lowest BCUT2D eigenvalue weighted by molar-refractivity contribution is -0.422. The van der Waals surface area contributed by atoms with Gasteiger partial charge in [-0.25, -0.2) is 4.39 Å². The fourth-order valence-corrected chi connectivity index (χ4v) is 1.12. The number of hydrogen-bond donors (Lipinski definition) is 0. The Labute approximate surface area is 85.0 Å². The molecule has 0 fully saturated rings. The molecule has 0 heterocycles. The van der Waals surface area contributed by atoms with E-state index in [1.54, 1.807) is 0 Å². The van der Waals surface area contributed by atoms with Crippen LogP contribution in [0.1, 0.15) is 12.5 Å². The third-order valence-corrected chi connectivity index (χ3v) is 1.94. The summed E-state index contributed by atoms with van der Waals surface area (Å²) in [6, 6.07) is 3.70. The Morgan fingerprint density at radius 3 is 2.79 bits per heavy atom. The molecule has 0 aliphatic carbocycles. The van der Waals surface area contributed by atoms with Crippen LogP contribution in [0.2, 0.25) is 5.02 Å². The highest BCUT2D eigenvalue weighted by atomic mass is 35.5. The molecule has 0 saturated heterocycles. The van der Waals surface area contributed by atoms with Gasteiger partial charge in [0, 0.05) is 13.0 Å². The van der Waals surface area contributed by atoms with E-state index in [0.29, 0.717) is 5.56 Å². The van der Waals surface area contributed by atoms with E-state index in [0.717, 1.165) is 6.07 Å². The van der Waals surface area contributed by atoms with Gasteiger partial charge in [0.05, 0.1) is 9.95 Å². The van der Waals surface area contributed by atoms with E-state index in [1.165, 1.54) is 25.1 Å². The van der Waals surface area contributed by atoms with Crippen molar-refractivity contribution in [1.29, 1.82) is 0 Å². The van der Waals surface area contributed by atoms with E-state index in [-0.39, 0.29) is 10.7 Å². The molecule has 3 nitrogen and oxygen atoms in total. The molecule has 0 saturated carbocycles. The molecule has 0 radical (unpaired) electrons. The topological polar surface area (TPSA) is 43.1 Å². The summed E-state index contributed by atoms with van der Waals surface area (Å²) in [6.07, 6.45) is 1.29. The SMILES string of the molecule is C/C(=C\c1ccc(F)cc1Cl)[N+](=O)[O-]. The van der Waals surface area contributed by atoms with Crippen molar-refractivity contribution in [3.8, 4) is 0 Å². The molecule has 0 N–H and O–H groups in total. The average Bonchev–Trinajstić information content (AvgIpc) is 2.09. The van der Waals surface area contributed by atoms with E-state index in [2.05, 4.69) is 0 Å². The van der Waals surface area contributed by atoms with Crippen LogP contribution in [0.25, 0.3) is 6.08 Å². The van der Waals surface area contributed by atoms with Crippen LogP contribution in [0.15, 0.2) is 23.9 Å². The monoisotopic (exact) mass is 215 g/mol. The van der Waals surface area contributed by atoms with Crippen LogP contribution >= 0.6 is 11.6 Å². The van der Waals surface area contributed by atoms with Crippen LogP contribution in [-0.2, 0) is 0 Å². The zero-order chi connectivity index (χ0) is 10.7. The van der Waals surface area contributed by atoms with Gasteiger partial charge in [0.25, 0.3) is 0 Å². The number of halogens is 2. The highest BCUT2D eigenvalue weighted by Gasteiger charge is 2.05. The molecule has 0 unspecified atom stereocenters. The molecule has 0 atom stereocenters. The second kappa shape index (κ2) is 4.19. The summed E-state index contributed by atoms with van der Waals surface area (Å²) in [7, 11) is 0. The molecule has 0 spiro atoms. The number of nitrogens with zero attached hydrogens (tertiary/aromatic N) is 1. The standard InChI is InChI=1S/C9H7ClFNO2/c1-6(12(13)14)4-7-2-3-8(11)5-9(7)10/h2-5H,1H3/b6-4+. The molecule has 14 heavy (non-hydrogen) atoms. The predicted octanol–water partition coefficient (Wildman–Crippen LogP) is 3.12. The Morgan fingerprint density at radius 1 is 1.64 bits per heavy atom. The van der Waals surface area contributed by atoms with Gasteiger partial charge in [0.2, 0.25) is 5.70 Å². The molecule has 1 rings (SSSR count). The number of nitro groups is 1. The van der Waals surface area contributed by atoms with Gasteiger partial charge in [-0.05, 0) is 17.7 Å². The lowest BCUT2D eigenvalue weighted by atomic mass is 10.2. The molecule has 0 aromatic heterocycles. The molecule has 1 aromatic carbocycles. The summed E-state index contributed by atoms with van der Waals surface area (Å²) in [5, 5.41) is 10.5. The summed E-state index contributed by atoms with van der Waals surface area (Å²) in [6.45, 7) is 1.35. The molecule has 5 heteroatoms. The van der Waals surface area contributed by atoms with Crippen molar-refractivity contribution < 1.29 is 9.31 Å². The second-order valence-corrected chi connectivity index (χ2v) is 3.12. The van der Waals surface area contributed by atoms with Gasteiger partial charge in [-0.15, -0.1) is 0 Å². The van der Waals surface area contributed by atoms with Crippen LogP contribution in [0.4, 0.5) is 4.39 Å². The van der Waals surface area contributed by atoms with Crippen molar-refractivity contribution in [2.24, 2.45) is 0 Å². The van der Waals surface area contributed by atoms with Crippen LogP contribution in [0, 0.1) is 15.9 Å². The second-order valence-electron chi connectivity index (χ2n) is 2.71. The fourth-order valence-electron chi connectivity index (χ4n) is 0.896. The van der Waals surface area contributed by atoms with Crippen LogP contribution < -0.4 is 0 Å². The van der Waals surface area contributed by atoms with E-state index >= 15 is 0 Å².